The molecule has 0 radical (unpaired) electrons. The molecule has 4 nitrogen and oxygen atoms in total. The van der Waals surface area contributed by atoms with E-state index in [1.165, 1.54) is 13.0 Å². The molecule has 0 saturated carbocycles. The monoisotopic (exact) mass is 332 g/mol. The lowest BCUT2D eigenvalue weighted by Gasteiger charge is -2.27. The van der Waals surface area contributed by atoms with Crippen molar-refractivity contribution in [3.8, 4) is 0 Å². The van der Waals surface area contributed by atoms with Crippen molar-refractivity contribution in [1.82, 2.24) is 0 Å². The highest BCUT2D eigenvalue weighted by atomic mass is 35.5. The standard InChI is InChI=1S/C18H17ClO4/c1-3-22-17(21)18(2,14-9-5-4-6-10-14)23-16(20)13-8-7-11-15(19)12-13/h4-12H,3H2,1-2H3. The van der Waals surface area contributed by atoms with Crippen molar-refractivity contribution >= 4 is 23.5 Å². The molecule has 0 aliphatic heterocycles. The average molecular weight is 333 g/mol. The zero-order chi connectivity index (χ0) is 16.9. The van der Waals surface area contributed by atoms with Crippen molar-refractivity contribution in [1.29, 1.82) is 0 Å². The number of ether oxygens (including phenoxy) is 2. The van der Waals surface area contributed by atoms with Crippen LogP contribution in [0.3, 0.4) is 0 Å². The molecule has 0 heterocycles. The third-order valence-corrected chi connectivity index (χ3v) is 3.58. The lowest BCUT2D eigenvalue weighted by Crippen LogP contribution is -2.39. The van der Waals surface area contributed by atoms with Crippen LogP contribution in [0.4, 0.5) is 0 Å². The van der Waals surface area contributed by atoms with Crippen LogP contribution in [0.25, 0.3) is 0 Å². The second-order valence-corrected chi connectivity index (χ2v) is 5.46. The van der Waals surface area contributed by atoms with E-state index in [1.54, 1.807) is 49.4 Å². The average Bonchev–Trinajstić information content (AvgIpc) is 2.55. The zero-order valence-electron chi connectivity index (χ0n) is 12.9. The molecule has 2 rings (SSSR count). The fraction of sp³-hybridized carbons (Fsp3) is 0.222. The first-order chi connectivity index (χ1) is 11.0. The van der Waals surface area contributed by atoms with Crippen LogP contribution in [0.15, 0.2) is 54.6 Å². The Bertz CT molecular complexity index is 699. The maximum absolute atomic E-state index is 12.4. The first kappa shape index (κ1) is 17.0. The predicted molar refractivity (Wildman–Crippen MR) is 87.3 cm³/mol. The third-order valence-electron chi connectivity index (χ3n) is 3.35. The normalized spacial score (nSPS) is 13.0. The minimum absolute atomic E-state index is 0.190. The molecule has 0 amide bonds. The molecule has 0 bridgehead atoms. The Morgan fingerprint density at radius 2 is 1.78 bits per heavy atom. The van der Waals surface area contributed by atoms with Crippen molar-refractivity contribution in [3.63, 3.8) is 0 Å². The van der Waals surface area contributed by atoms with Crippen molar-refractivity contribution in [3.05, 3.63) is 70.7 Å². The van der Waals surface area contributed by atoms with Gasteiger partial charge in [-0.3, -0.25) is 0 Å². The van der Waals surface area contributed by atoms with Crippen molar-refractivity contribution in [2.45, 2.75) is 19.4 Å². The van der Waals surface area contributed by atoms with Crippen molar-refractivity contribution in [2.24, 2.45) is 0 Å². The number of esters is 2. The van der Waals surface area contributed by atoms with E-state index in [0.717, 1.165) is 0 Å². The molecule has 120 valence electrons. The Balaban J connectivity index is 2.35. The summed E-state index contributed by atoms with van der Waals surface area (Å²) in [6, 6.07) is 15.1. The van der Waals surface area contributed by atoms with Gasteiger partial charge in [0.2, 0.25) is 5.60 Å². The van der Waals surface area contributed by atoms with E-state index in [9.17, 15) is 9.59 Å². The summed E-state index contributed by atoms with van der Waals surface area (Å²) >= 11 is 5.89. The molecular formula is C18H17ClO4. The number of hydrogen-bond acceptors (Lipinski definition) is 4. The van der Waals surface area contributed by atoms with Crippen LogP contribution in [0, 0.1) is 0 Å². The van der Waals surface area contributed by atoms with Gasteiger partial charge in [-0.15, -0.1) is 0 Å². The van der Waals surface area contributed by atoms with Gasteiger partial charge in [-0.2, -0.15) is 0 Å². The van der Waals surface area contributed by atoms with Gasteiger partial charge in [0.25, 0.3) is 0 Å². The Hall–Kier alpha value is -2.33. The van der Waals surface area contributed by atoms with Crippen LogP contribution in [0.2, 0.25) is 5.02 Å². The molecule has 0 aromatic heterocycles. The topological polar surface area (TPSA) is 52.6 Å². The molecule has 23 heavy (non-hydrogen) atoms. The molecule has 0 fully saturated rings. The van der Waals surface area contributed by atoms with Gasteiger partial charge in [-0.05, 0) is 32.0 Å². The first-order valence-corrected chi connectivity index (χ1v) is 7.57. The van der Waals surface area contributed by atoms with Gasteiger partial charge < -0.3 is 9.47 Å². The number of carbonyl (C=O) groups is 2. The van der Waals surface area contributed by atoms with Gasteiger partial charge in [0.05, 0.1) is 12.2 Å². The smallest absolute Gasteiger partial charge is 0.355 e. The van der Waals surface area contributed by atoms with E-state index in [2.05, 4.69) is 0 Å². The molecule has 0 aliphatic carbocycles. The molecule has 1 atom stereocenters. The summed E-state index contributed by atoms with van der Waals surface area (Å²) in [6.45, 7) is 3.40. The summed E-state index contributed by atoms with van der Waals surface area (Å²) in [5.74, 6) is -1.27. The number of halogens is 1. The third kappa shape index (κ3) is 3.90. The Morgan fingerprint density at radius 3 is 2.39 bits per heavy atom. The summed E-state index contributed by atoms with van der Waals surface area (Å²) in [5.41, 5.74) is -0.728. The molecule has 1 unspecified atom stereocenters. The molecule has 2 aromatic carbocycles. The summed E-state index contributed by atoms with van der Waals surface area (Å²) in [4.78, 5) is 24.8. The highest BCUT2D eigenvalue weighted by molar-refractivity contribution is 6.30. The molecule has 0 saturated heterocycles. The number of carbonyl (C=O) groups excluding carboxylic acids is 2. The van der Waals surface area contributed by atoms with Crippen LogP contribution in [0.1, 0.15) is 29.8 Å². The molecule has 0 N–H and O–H groups in total. The minimum Gasteiger partial charge on any atom is -0.463 e. The van der Waals surface area contributed by atoms with Crippen LogP contribution >= 0.6 is 11.6 Å². The molecule has 0 spiro atoms. The SMILES string of the molecule is CCOC(=O)C(C)(OC(=O)c1cccc(Cl)c1)c1ccccc1. The van der Waals surface area contributed by atoms with E-state index in [1.807, 2.05) is 6.07 Å². The maximum atomic E-state index is 12.4. The largest absolute Gasteiger partial charge is 0.463 e. The van der Waals surface area contributed by atoms with E-state index >= 15 is 0 Å². The lowest BCUT2D eigenvalue weighted by atomic mass is 9.95. The van der Waals surface area contributed by atoms with Crippen LogP contribution < -0.4 is 0 Å². The van der Waals surface area contributed by atoms with Gasteiger partial charge in [0, 0.05) is 10.6 Å². The second kappa shape index (κ2) is 7.29. The fourth-order valence-corrected chi connectivity index (χ4v) is 2.29. The summed E-state index contributed by atoms with van der Waals surface area (Å²) < 4.78 is 10.6. The summed E-state index contributed by atoms with van der Waals surface area (Å²) in [5, 5.41) is 0.414. The second-order valence-electron chi connectivity index (χ2n) is 5.02. The van der Waals surface area contributed by atoms with E-state index in [-0.39, 0.29) is 12.2 Å². The number of rotatable bonds is 5. The lowest BCUT2D eigenvalue weighted by molar-refractivity contribution is -0.165. The van der Waals surface area contributed by atoms with Crippen LogP contribution in [-0.4, -0.2) is 18.5 Å². The molecule has 2 aromatic rings. The highest BCUT2D eigenvalue weighted by Gasteiger charge is 2.41. The van der Waals surface area contributed by atoms with Gasteiger partial charge in [0.1, 0.15) is 0 Å². The van der Waals surface area contributed by atoms with Crippen molar-refractivity contribution in [2.75, 3.05) is 6.61 Å². The van der Waals surface area contributed by atoms with E-state index < -0.39 is 17.5 Å². The van der Waals surface area contributed by atoms with E-state index in [0.29, 0.717) is 10.6 Å². The fourth-order valence-electron chi connectivity index (χ4n) is 2.10. The number of benzene rings is 2. The van der Waals surface area contributed by atoms with Gasteiger partial charge in [-0.1, -0.05) is 48.0 Å². The number of hydrogen-bond donors (Lipinski definition) is 0. The summed E-state index contributed by atoms with van der Waals surface area (Å²) in [7, 11) is 0. The van der Waals surface area contributed by atoms with Crippen LogP contribution in [-0.2, 0) is 19.9 Å². The van der Waals surface area contributed by atoms with Gasteiger partial charge >= 0.3 is 11.9 Å². The molecule has 0 aliphatic rings. The minimum atomic E-state index is -1.53. The molecular weight excluding hydrogens is 316 g/mol. The Kier molecular flexibility index (Phi) is 5.40. The maximum Gasteiger partial charge on any atom is 0.355 e. The highest BCUT2D eigenvalue weighted by Crippen LogP contribution is 2.28. The first-order valence-electron chi connectivity index (χ1n) is 7.19. The van der Waals surface area contributed by atoms with Crippen molar-refractivity contribution < 1.29 is 19.1 Å². The summed E-state index contributed by atoms with van der Waals surface area (Å²) in [6.07, 6.45) is 0. The van der Waals surface area contributed by atoms with Gasteiger partial charge in [-0.25, -0.2) is 9.59 Å². The van der Waals surface area contributed by atoms with E-state index in [4.69, 9.17) is 21.1 Å². The quantitative estimate of drug-likeness (QED) is 0.777. The predicted octanol–water partition coefficient (Wildman–Crippen LogP) is 3.98. The zero-order valence-corrected chi connectivity index (χ0v) is 13.7. The Morgan fingerprint density at radius 1 is 1.09 bits per heavy atom. The van der Waals surface area contributed by atoms with Crippen LogP contribution in [0.5, 0.6) is 0 Å². The van der Waals surface area contributed by atoms with Gasteiger partial charge in [0.15, 0.2) is 0 Å². The Labute approximate surface area is 140 Å². The molecule has 5 heteroatoms.